The van der Waals surface area contributed by atoms with Gasteiger partial charge in [0.1, 0.15) is 5.82 Å². The Morgan fingerprint density at radius 1 is 1.20 bits per heavy atom. The Morgan fingerprint density at radius 2 is 1.85 bits per heavy atom. The molecule has 1 aromatic rings. The van der Waals surface area contributed by atoms with Gasteiger partial charge in [-0.3, -0.25) is 0 Å². The molecule has 5 nitrogen and oxygen atoms in total. The largest absolute Gasteiger partial charge is 0.320 e. The van der Waals surface area contributed by atoms with Gasteiger partial charge >= 0.3 is 0 Å². The number of halogens is 1. The van der Waals surface area contributed by atoms with Gasteiger partial charge in [0.2, 0.25) is 0 Å². The fourth-order valence-electron chi connectivity index (χ4n) is 1.68. The normalized spacial score (nSPS) is 12.0. The van der Waals surface area contributed by atoms with E-state index in [1.165, 1.54) is 16.4 Å². The van der Waals surface area contributed by atoms with E-state index >= 15 is 0 Å². The first-order chi connectivity index (χ1) is 9.45. The average molecular weight is 303 g/mol. The first-order valence-corrected chi connectivity index (χ1v) is 7.99. The lowest BCUT2D eigenvalue weighted by Gasteiger charge is -2.17. The maximum absolute atomic E-state index is 12.7. The second-order valence-electron chi connectivity index (χ2n) is 4.55. The molecular weight excluding hydrogens is 281 g/mol. The van der Waals surface area contributed by atoms with Crippen molar-refractivity contribution in [3.63, 3.8) is 0 Å². The summed E-state index contributed by atoms with van der Waals surface area (Å²) in [6, 6.07) is 6.04. The average Bonchev–Trinajstić information content (AvgIpc) is 2.41. The van der Waals surface area contributed by atoms with Crippen LogP contribution in [-0.4, -0.2) is 46.5 Å². The highest BCUT2D eigenvalue weighted by Crippen LogP contribution is 2.03. The lowest BCUT2D eigenvalue weighted by Crippen LogP contribution is -2.40. The summed E-state index contributed by atoms with van der Waals surface area (Å²) < 4.78 is 40.4. The molecule has 1 rings (SSSR count). The number of benzene rings is 1. The van der Waals surface area contributed by atoms with Crippen molar-refractivity contribution in [2.24, 2.45) is 0 Å². The second kappa shape index (κ2) is 8.31. The van der Waals surface area contributed by atoms with Crippen molar-refractivity contribution in [3.8, 4) is 0 Å². The van der Waals surface area contributed by atoms with Gasteiger partial charge in [0.05, 0.1) is 0 Å². The minimum absolute atomic E-state index is 0.293. The van der Waals surface area contributed by atoms with Gasteiger partial charge in [0, 0.05) is 20.1 Å². The maximum Gasteiger partial charge on any atom is 0.279 e. The Balaban J connectivity index is 2.37. The molecule has 0 heterocycles. The monoisotopic (exact) mass is 303 g/mol. The molecule has 0 spiro atoms. The summed E-state index contributed by atoms with van der Waals surface area (Å²) in [5, 5.41) is 2.97. The van der Waals surface area contributed by atoms with Gasteiger partial charge < -0.3 is 5.32 Å². The maximum atomic E-state index is 12.7. The molecule has 0 bridgehead atoms. The van der Waals surface area contributed by atoms with Crippen molar-refractivity contribution in [1.82, 2.24) is 14.3 Å². The molecule has 0 aliphatic carbocycles. The van der Waals surface area contributed by atoms with Crippen LogP contribution >= 0.6 is 0 Å². The minimum Gasteiger partial charge on any atom is -0.320 e. The van der Waals surface area contributed by atoms with Crippen LogP contribution in [0.15, 0.2) is 24.3 Å². The summed E-state index contributed by atoms with van der Waals surface area (Å²) in [5.41, 5.74) is 0.895. The van der Waals surface area contributed by atoms with Crippen LogP contribution in [0, 0.1) is 5.82 Å². The molecule has 1 aromatic carbocycles. The molecule has 0 aliphatic heterocycles. The molecule has 0 atom stereocenters. The van der Waals surface area contributed by atoms with E-state index in [1.807, 2.05) is 7.05 Å². The van der Waals surface area contributed by atoms with Crippen LogP contribution in [0.3, 0.4) is 0 Å². The zero-order valence-corrected chi connectivity index (χ0v) is 12.7. The second-order valence-corrected chi connectivity index (χ2v) is 6.42. The molecule has 0 radical (unpaired) electrons. The molecule has 0 amide bonds. The minimum atomic E-state index is -3.44. The van der Waals surface area contributed by atoms with E-state index in [9.17, 15) is 12.8 Å². The van der Waals surface area contributed by atoms with Crippen molar-refractivity contribution >= 4 is 10.2 Å². The molecule has 7 heteroatoms. The Morgan fingerprint density at radius 3 is 2.45 bits per heavy atom. The van der Waals surface area contributed by atoms with Crippen molar-refractivity contribution in [2.75, 3.05) is 33.7 Å². The molecule has 0 aliphatic rings. The first kappa shape index (κ1) is 17.0. The zero-order chi connectivity index (χ0) is 15.0. The number of hydrogen-bond donors (Lipinski definition) is 2. The SMILES string of the molecule is CNCCCN(C)S(=O)(=O)NCCc1ccc(F)cc1. The van der Waals surface area contributed by atoms with E-state index in [4.69, 9.17) is 0 Å². The Bertz CT molecular complexity index is 491. The summed E-state index contributed by atoms with van der Waals surface area (Å²) in [6.07, 6.45) is 1.29. The highest BCUT2D eigenvalue weighted by atomic mass is 32.2. The van der Waals surface area contributed by atoms with Crippen molar-refractivity contribution in [2.45, 2.75) is 12.8 Å². The number of nitrogens with zero attached hydrogens (tertiary/aromatic N) is 1. The van der Waals surface area contributed by atoms with E-state index in [0.717, 1.165) is 18.5 Å². The molecular formula is C13H22FN3O2S. The summed E-state index contributed by atoms with van der Waals surface area (Å²) in [4.78, 5) is 0. The summed E-state index contributed by atoms with van der Waals surface area (Å²) in [5.74, 6) is -0.293. The Kier molecular flexibility index (Phi) is 7.08. The lowest BCUT2D eigenvalue weighted by atomic mass is 10.1. The molecule has 2 N–H and O–H groups in total. The highest BCUT2D eigenvalue weighted by Gasteiger charge is 2.15. The highest BCUT2D eigenvalue weighted by molar-refractivity contribution is 7.87. The van der Waals surface area contributed by atoms with E-state index < -0.39 is 10.2 Å². The molecule has 114 valence electrons. The first-order valence-electron chi connectivity index (χ1n) is 6.55. The fraction of sp³-hybridized carbons (Fsp3) is 0.538. The summed E-state index contributed by atoms with van der Waals surface area (Å²) in [7, 11) is -0.0573. The topological polar surface area (TPSA) is 61.4 Å². The molecule has 20 heavy (non-hydrogen) atoms. The molecule has 0 saturated heterocycles. The number of nitrogens with one attached hydrogen (secondary N) is 2. The third kappa shape index (κ3) is 5.96. The van der Waals surface area contributed by atoms with Crippen molar-refractivity contribution < 1.29 is 12.8 Å². The van der Waals surface area contributed by atoms with E-state index in [-0.39, 0.29) is 5.82 Å². The van der Waals surface area contributed by atoms with Gasteiger partial charge in [-0.05, 0) is 44.1 Å². The van der Waals surface area contributed by atoms with Gasteiger partial charge in [-0.25, -0.2) is 9.11 Å². The summed E-state index contributed by atoms with van der Waals surface area (Å²) in [6.45, 7) is 1.53. The van der Waals surface area contributed by atoms with E-state index in [0.29, 0.717) is 19.5 Å². The summed E-state index contributed by atoms with van der Waals surface area (Å²) >= 11 is 0. The van der Waals surface area contributed by atoms with Gasteiger partial charge in [-0.2, -0.15) is 12.7 Å². The van der Waals surface area contributed by atoms with Crippen LogP contribution < -0.4 is 10.0 Å². The van der Waals surface area contributed by atoms with Crippen LogP contribution in [0.2, 0.25) is 0 Å². The smallest absolute Gasteiger partial charge is 0.279 e. The Labute approximate surface area is 120 Å². The number of hydrogen-bond acceptors (Lipinski definition) is 3. The lowest BCUT2D eigenvalue weighted by molar-refractivity contribution is 0.448. The predicted octanol–water partition coefficient (Wildman–Crippen LogP) is 0.744. The third-order valence-electron chi connectivity index (χ3n) is 2.92. The van der Waals surface area contributed by atoms with Crippen molar-refractivity contribution in [3.05, 3.63) is 35.6 Å². The predicted molar refractivity (Wildman–Crippen MR) is 78.2 cm³/mol. The van der Waals surface area contributed by atoms with E-state index in [2.05, 4.69) is 10.0 Å². The Hall–Kier alpha value is -1.02. The molecule has 0 unspecified atom stereocenters. The third-order valence-corrected chi connectivity index (χ3v) is 4.49. The van der Waals surface area contributed by atoms with Gasteiger partial charge in [-0.1, -0.05) is 12.1 Å². The van der Waals surface area contributed by atoms with Gasteiger partial charge in [0.15, 0.2) is 0 Å². The van der Waals surface area contributed by atoms with Crippen LogP contribution in [0.1, 0.15) is 12.0 Å². The standard InChI is InChI=1S/C13H22FN3O2S/c1-15-9-3-11-17(2)20(18,19)16-10-8-12-4-6-13(14)7-5-12/h4-7,15-16H,3,8-11H2,1-2H3. The molecule has 0 fully saturated rings. The quantitative estimate of drug-likeness (QED) is 0.662. The van der Waals surface area contributed by atoms with Crippen LogP contribution in [0.5, 0.6) is 0 Å². The molecule has 0 aromatic heterocycles. The van der Waals surface area contributed by atoms with Gasteiger partial charge in [0.25, 0.3) is 10.2 Å². The molecule has 0 saturated carbocycles. The van der Waals surface area contributed by atoms with Gasteiger partial charge in [-0.15, -0.1) is 0 Å². The van der Waals surface area contributed by atoms with Crippen LogP contribution in [0.25, 0.3) is 0 Å². The fourth-order valence-corrected chi connectivity index (χ4v) is 2.63. The van der Waals surface area contributed by atoms with Crippen LogP contribution in [0.4, 0.5) is 4.39 Å². The van der Waals surface area contributed by atoms with E-state index in [1.54, 1.807) is 19.2 Å². The van der Waals surface area contributed by atoms with Crippen molar-refractivity contribution in [1.29, 1.82) is 0 Å². The zero-order valence-electron chi connectivity index (χ0n) is 11.9. The van der Waals surface area contributed by atoms with Crippen LogP contribution in [-0.2, 0) is 16.6 Å². The number of rotatable bonds is 9.